The molecule has 7 nitrogen and oxygen atoms in total. The van der Waals surface area contributed by atoms with Crippen LogP contribution in [0.4, 0.5) is 0 Å². The second-order valence-corrected chi connectivity index (χ2v) is 6.27. The fourth-order valence-electron chi connectivity index (χ4n) is 2.72. The molecule has 3 aromatic rings. The van der Waals surface area contributed by atoms with E-state index in [2.05, 4.69) is 15.5 Å². The van der Waals surface area contributed by atoms with Crippen LogP contribution in [0.1, 0.15) is 23.4 Å². The number of rotatable bonds is 9. The van der Waals surface area contributed by atoms with Crippen molar-refractivity contribution < 1.29 is 18.8 Å². The van der Waals surface area contributed by atoms with Gasteiger partial charge in [-0.3, -0.25) is 4.79 Å². The smallest absolute Gasteiger partial charge is 0.227 e. The predicted molar refractivity (Wildman–Crippen MR) is 104 cm³/mol. The van der Waals surface area contributed by atoms with Gasteiger partial charge in [0.25, 0.3) is 0 Å². The van der Waals surface area contributed by atoms with E-state index in [0.29, 0.717) is 31.3 Å². The highest BCUT2D eigenvalue weighted by Crippen LogP contribution is 2.20. The average molecular weight is 381 g/mol. The molecule has 0 fully saturated rings. The van der Waals surface area contributed by atoms with E-state index in [-0.39, 0.29) is 12.3 Å². The summed E-state index contributed by atoms with van der Waals surface area (Å²) in [6.07, 6.45) is 0.667. The number of benzene rings is 2. The van der Waals surface area contributed by atoms with Gasteiger partial charge < -0.3 is 19.3 Å². The highest BCUT2D eigenvalue weighted by atomic mass is 16.5. The first-order chi connectivity index (χ1) is 13.7. The van der Waals surface area contributed by atoms with Crippen LogP contribution in [0.25, 0.3) is 11.4 Å². The summed E-state index contributed by atoms with van der Waals surface area (Å²) in [5.41, 5.74) is 2.94. The average Bonchev–Trinajstić information content (AvgIpc) is 3.20. The highest BCUT2D eigenvalue weighted by Gasteiger charge is 2.11. The number of methoxy groups -OCH3 is 2. The molecule has 0 saturated carbocycles. The van der Waals surface area contributed by atoms with Gasteiger partial charge in [0.1, 0.15) is 5.75 Å². The summed E-state index contributed by atoms with van der Waals surface area (Å²) >= 11 is 0. The third-order valence-corrected chi connectivity index (χ3v) is 4.17. The molecular formula is C21H23N3O4. The number of amides is 1. The molecule has 0 aliphatic carbocycles. The number of hydrogen-bond acceptors (Lipinski definition) is 6. The lowest BCUT2D eigenvalue weighted by Gasteiger charge is -2.06. The zero-order valence-corrected chi connectivity index (χ0v) is 16.0. The minimum Gasteiger partial charge on any atom is -0.497 e. The monoisotopic (exact) mass is 381 g/mol. The maximum atomic E-state index is 12.1. The fourth-order valence-corrected chi connectivity index (χ4v) is 2.72. The van der Waals surface area contributed by atoms with E-state index in [1.165, 1.54) is 0 Å². The molecule has 0 aliphatic heterocycles. The first-order valence-corrected chi connectivity index (χ1v) is 8.98. The number of aromatic nitrogens is 2. The molecule has 0 radical (unpaired) electrons. The topological polar surface area (TPSA) is 86.5 Å². The Hall–Kier alpha value is -3.19. The zero-order chi connectivity index (χ0) is 19.8. The summed E-state index contributed by atoms with van der Waals surface area (Å²) in [6.45, 7) is 1.02. The first-order valence-electron chi connectivity index (χ1n) is 8.98. The van der Waals surface area contributed by atoms with E-state index in [4.69, 9.17) is 14.0 Å². The van der Waals surface area contributed by atoms with Crippen LogP contribution in [-0.4, -0.2) is 30.3 Å². The van der Waals surface area contributed by atoms with Gasteiger partial charge in [-0.1, -0.05) is 29.4 Å². The van der Waals surface area contributed by atoms with Gasteiger partial charge >= 0.3 is 0 Å². The number of hydrogen-bond donors (Lipinski definition) is 1. The van der Waals surface area contributed by atoms with Crippen LogP contribution in [0.2, 0.25) is 0 Å². The van der Waals surface area contributed by atoms with E-state index in [1.807, 2.05) is 48.5 Å². The Morgan fingerprint density at radius 2 is 1.89 bits per heavy atom. The summed E-state index contributed by atoms with van der Waals surface area (Å²) in [5.74, 6) is 1.62. The lowest BCUT2D eigenvalue weighted by Crippen LogP contribution is -2.23. The first kappa shape index (κ1) is 19.6. The van der Waals surface area contributed by atoms with Crippen molar-refractivity contribution in [3.05, 3.63) is 65.5 Å². The molecule has 1 aromatic heterocycles. The number of ether oxygens (including phenoxy) is 2. The lowest BCUT2D eigenvalue weighted by atomic mass is 10.1. The molecule has 1 amide bonds. The van der Waals surface area contributed by atoms with Crippen molar-refractivity contribution in [1.82, 2.24) is 15.5 Å². The third-order valence-electron chi connectivity index (χ3n) is 4.17. The largest absolute Gasteiger partial charge is 0.497 e. The van der Waals surface area contributed by atoms with Crippen molar-refractivity contribution >= 4 is 5.91 Å². The van der Waals surface area contributed by atoms with Gasteiger partial charge in [-0.25, -0.2) is 0 Å². The maximum Gasteiger partial charge on any atom is 0.227 e. The number of carbonyl (C=O) groups excluding carboxylic acids is 1. The van der Waals surface area contributed by atoms with Crippen molar-refractivity contribution in [2.24, 2.45) is 0 Å². The van der Waals surface area contributed by atoms with Gasteiger partial charge in [-0.15, -0.1) is 0 Å². The van der Waals surface area contributed by atoms with Crippen molar-refractivity contribution in [1.29, 1.82) is 0 Å². The molecule has 0 saturated heterocycles. The SMILES string of the molecule is COCc1cccc(CNC(=O)CCc2nc(-c3ccc(OC)cc3)no2)c1. The Morgan fingerprint density at radius 1 is 1.11 bits per heavy atom. The summed E-state index contributed by atoms with van der Waals surface area (Å²) in [6, 6.07) is 15.3. The molecular weight excluding hydrogens is 358 g/mol. The van der Waals surface area contributed by atoms with Crippen molar-refractivity contribution in [2.75, 3.05) is 14.2 Å². The highest BCUT2D eigenvalue weighted by molar-refractivity contribution is 5.76. The van der Waals surface area contributed by atoms with E-state index >= 15 is 0 Å². The lowest BCUT2D eigenvalue weighted by molar-refractivity contribution is -0.121. The van der Waals surface area contributed by atoms with Gasteiger partial charge in [0.05, 0.1) is 13.7 Å². The summed E-state index contributed by atoms with van der Waals surface area (Å²) in [4.78, 5) is 16.5. The van der Waals surface area contributed by atoms with Crippen LogP contribution < -0.4 is 10.1 Å². The predicted octanol–water partition coefficient (Wildman–Crippen LogP) is 3.14. The molecule has 2 aromatic carbocycles. The molecule has 3 rings (SSSR count). The minimum absolute atomic E-state index is 0.0682. The summed E-state index contributed by atoms with van der Waals surface area (Å²) in [7, 11) is 3.27. The Labute approximate surface area is 163 Å². The van der Waals surface area contributed by atoms with Crippen LogP contribution in [0.3, 0.4) is 0 Å². The molecule has 0 spiro atoms. The summed E-state index contributed by atoms with van der Waals surface area (Å²) < 4.78 is 15.5. The Kier molecular flexibility index (Phi) is 6.75. The van der Waals surface area contributed by atoms with Crippen molar-refractivity contribution in [3.63, 3.8) is 0 Å². The molecule has 1 heterocycles. The quantitative estimate of drug-likeness (QED) is 0.613. The molecule has 7 heteroatoms. The van der Waals surface area contributed by atoms with E-state index in [9.17, 15) is 4.79 Å². The standard InChI is InChI=1S/C21H23N3O4/c1-26-14-16-5-3-4-15(12-16)13-22-19(25)10-11-20-23-21(24-28-20)17-6-8-18(27-2)9-7-17/h3-9,12H,10-11,13-14H2,1-2H3,(H,22,25). The van der Waals surface area contributed by atoms with Gasteiger partial charge in [0.2, 0.25) is 17.6 Å². The fraction of sp³-hybridized carbons (Fsp3) is 0.286. The molecule has 0 atom stereocenters. The summed E-state index contributed by atoms with van der Waals surface area (Å²) in [5, 5.41) is 6.88. The molecule has 0 aliphatic rings. The van der Waals surface area contributed by atoms with Gasteiger partial charge in [-0.05, 0) is 35.4 Å². The van der Waals surface area contributed by atoms with Crippen LogP contribution in [0, 0.1) is 0 Å². The van der Waals surface area contributed by atoms with E-state index in [1.54, 1.807) is 14.2 Å². The number of aryl methyl sites for hydroxylation is 1. The van der Waals surface area contributed by atoms with Crippen LogP contribution in [-0.2, 0) is 29.1 Å². The minimum atomic E-state index is -0.0682. The van der Waals surface area contributed by atoms with Crippen molar-refractivity contribution in [3.8, 4) is 17.1 Å². The third kappa shape index (κ3) is 5.40. The van der Waals surface area contributed by atoms with Crippen LogP contribution in [0.15, 0.2) is 53.1 Å². The normalized spacial score (nSPS) is 10.6. The van der Waals surface area contributed by atoms with Crippen molar-refractivity contribution in [2.45, 2.75) is 26.0 Å². The Bertz CT molecular complexity index is 906. The Morgan fingerprint density at radius 3 is 2.64 bits per heavy atom. The van der Waals surface area contributed by atoms with E-state index < -0.39 is 0 Å². The second kappa shape index (κ2) is 9.66. The van der Waals surface area contributed by atoms with Gasteiger partial charge in [-0.2, -0.15) is 4.98 Å². The number of nitrogens with one attached hydrogen (secondary N) is 1. The number of carbonyl (C=O) groups is 1. The Balaban J connectivity index is 1.48. The molecule has 146 valence electrons. The van der Waals surface area contributed by atoms with E-state index in [0.717, 1.165) is 22.4 Å². The molecule has 28 heavy (non-hydrogen) atoms. The molecule has 1 N–H and O–H groups in total. The number of nitrogens with zero attached hydrogens (tertiary/aromatic N) is 2. The second-order valence-electron chi connectivity index (χ2n) is 6.27. The zero-order valence-electron chi connectivity index (χ0n) is 16.0. The van der Waals surface area contributed by atoms with Gasteiger partial charge in [0, 0.05) is 32.1 Å². The van der Waals surface area contributed by atoms with Crippen LogP contribution in [0.5, 0.6) is 5.75 Å². The van der Waals surface area contributed by atoms with Crippen LogP contribution >= 0.6 is 0 Å². The molecule has 0 unspecified atom stereocenters. The molecule has 0 bridgehead atoms. The maximum absolute atomic E-state index is 12.1. The van der Waals surface area contributed by atoms with Gasteiger partial charge in [0.15, 0.2) is 0 Å².